The number of hydrogen-bond donors (Lipinski definition) is 2. The summed E-state index contributed by atoms with van der Waals surface area (Å²) in [5.74, 6) is 2.71. The summed E-state index contributed by atoms with van der Waals surface area (Å²) in [5.41, 5.74) is 0.0393. The van der Waals surface area contributed by atoms with Gasteiger partial charge in [-0.15, -0.1) is 0 Å². The number of hydrogen-bond acceptors (Lipinski definition) is 5. The first-order chi connectivity index (χ1) is 13.3. The van der Waals surface area contributed by atoms with Gasteiger partial charge in [-0.2, -0.15) is 0 Å². The van der Waals surface area contributed by atoms with Crippen molar-refractivity contribution in [1.29, 1.82) is 0 Å². The van der Waals surface area contributed by atoms with Crippen molar-refractivity contribution in [3.8, 4) is 0 Å². The Balaban J connectivity index is 2.07. The Morgan fingerprint density at radius 3 is 2.50 bits per heavy atom. The monoisotopic (exact) mass is 394 g/mol. The highest BCUT2D eigenvalue weighted by molar-refractivity contribution is 5.79. The molecule has 28 heavy (non-hydrogen) atoms. The van der Waals surface area contributed by atoms with Crippen LogP contribution in [0.25, 0.3) is 0 Å². The molecule has 0 saturated carbocycles. The van der Waals surface area contributed by atoms with Crippen LogP contribution in [0.15, 0.2) is 21.5 Å². The Morgan fingerprint density at radius 1 is 1.25 bits per heavy atom. The van der Waals surface area contributed by atoms with Gasteiger partial charge in [-0.1, -0.05) is 20.8 Å². The lowest BCUT2D eigenvalue weighted by atomic mass is 9.89. The summed E-state index contributed by atoms with van der Waals surface area (Å²) in [6.45, 7) is 16.0. The average Bonchev–Trinajstić information content (AvgIpc) is 3.08. The van der Waals surface area contributed by atoms with Crippen molar-refractivity contribution in [3.05, 3.63) is 23.7 Å². The van der Waals surface area contributed by atoms with Gasteiger partial charge in [0.05, 0.1) is 31.9 Å². The molecule has 0 bridgehead atoms. The zero-order chi connectivity index (χ0) is 20.6. The lowest BCUT2D eigenvalue weighted by molar-refractivity contribution is 0.0124. The molecule has 7 nitrogen and oxygen atoms in total. The maximum Gasteiger partial charge on any atom is 0.191 e. The van der Waals surface area contributed by atoms with Crippen molar-refractivity contribution in [2.45, 2.75) is 46.8 Å². The van der Waals surface area contributed by atoms with Crippen molar-refractivity contribution in [2.75, 3.05) is 53.0 Å². The molecule has 2 unspecified atom stereocenters. The molecule has 0 amide bonds. The predicted octanol–water partition coefficient (Wildman–Crippen LogP) is 2.58. The van der Waals surface area contributed by atoms with Gasteiger partial charge >= 0.3 is 0 Å². The van der Waals surface area contributed by atoms with E-state index in [0.29, 0.717) is 13.1 Å². The van der Waals surface area contributed by atoms with Gasteiger partial charge in [0.25, 0.3) is 0 Å². The molecule has 1 saturated heterocycles. The number of morpholine rings is 1. The predicted molar refractivity (Wildman–Crippen MR) is 113 cm³/mol. The van der Waals surface area contributed by atoms with Gasteiger partial charge < -0.3 is 24.5 Å². The van der Waals surface area contributed by atoms with Crippen LogP contribution >= 0.6 is 0 Å². The minimum atomic E-state index is 0.0393. The van der Waals surface area contributed by atoms with Gasteiger partial charge in [-0.25, -0.2) is 0 Å². The Labute approximate surface area is 169 Å². The van der Waals surface area contributed by atoms with E-state index in [1.54, 1.807) is 7.11 Å². The van der Waals surface area contributed by atoms with E-state index >= 15 is 0 Å². The number of rotatable bonds is 8. The molecule has 160 valence electrons. The Morgan fingerprint density at radius 2 is 1.96 bits per heavy atom. The van der Waals surface area contributed by atoms with Crippen molar-refractivity contribution in [1.82, 2.24) is 15.5 Å². The Bertz CT molecular complexity index is 603. The highest BCUT2D eigenvalue weighted by Crippen LogP contribution is 2.24. The molecular formula is C21H38N4O3. The van der Waals surface area contributed by atoms with E-state index in [-0.39, 0.29) is 17.6 Å². The van der Waals surface area contributed by atoms with E-state index in [1.165, 1.54) is 0 Å². The second-order valence-corrected chi connectivity index (χ2v) is 8.30. The van der Waals surface area contributed by atoms with Gasteiger partial charge in [0.2, 0.25) is 0 Å². The summed E-state index contributed by atoms with van der Waals surface area (Å²) < 4.78 is 17.1. The summed E-state index contributed by atoms with van der Waals surface area (Å²) >= 11 is 0. The van der Waals surface area contributed by atoms with Crippen molar-refractivity contribution in [3.63, 3.8) is 0 Å². The fourth-order valence-corrected chi connectivity index (χ4v) is 3.34. The molecule has 2 rings (SSSR count). The lowest BCUT2D eigenvalue weighted by Gasteiger charge is -2.33. The van der Waals surface area contributed by atoms with Gasteiger partial charge in [0, 0.05) is 33.3 Å². The molecule has 1 aliphatic rings. The van der Waals surface area contributed by atoms with Gasteiger partial charge in [0.1, 0.15) is 11.5 Å². The summed E-state index contributed by atoms with van der Waals surface area (Å²) in [6.07, 6.45) is 0.0609. The second-order valence-electron chi connectivity index (χ2n) is 8.30. The third-order valence-electron chi connectivity index (χ3n) is 5.05. The van der Waals surface area contributed by atoms with Crippen LogP contribution in [0.4, 0.5) is 0 Å². The third kappa shape index (κ3) is 6.79. The smallest absolute Gasteiger partial charge is 0.191 e. The summed E-state index contributed by atoms with van der Waals surface area (Å²) in [4.78, 5) is 7.17. The van der Waals surface area contributed by atoms with Crippen LogP contribution in [0.1, 0.15) is 45.3 Å². The molecule has 7 heteroatoms. The van der Waals surface area contributed by atoms with Gasteiger partial charge in [-0.3, -0.25) is 9.89 Å². The molecule has 2 atom stereocenters. The van der Waals surface area contributed by atoms with Crippen molar-refractivity contribution in [2.24, 2.45) is 10.4 Å². The van der Waals surface area contributed by atoms with Crippen molar-refractivity contribution >= 4 is 5.96 Å². The highest BCUT2D eigenvalue weighted by Gasteiger charge is 2.26. The maximum atomic E-state index is 5.95. The number of furan rings is 1. The number of guanidine groups is 1. The van der Waals surface area contributed by atoms with Crippen LogP contribution in [0.5, 0.6) is 0 Å². The summed E-state index contributed by atoms with van der Waals surface area (Å²) in [7, 11) is 1.75. The lowest BCUT2D eigenvalue weighted by Crippen LogP contribution is -2.46. The molecule has 1 aromatic rings. The van der Waals surface area contributed by atoms with Crippen LogP contribution in [0, 0.1) is 12.3 Å². The number of nitrogens with zero attached hydrogens (tertiary/aromatic N) is 2. The number of ether oxygens (including phenoxy) is 2. The fraction of sp³-hybridized carbons (Fsp3) is 0.762. The maximum absolute atomic E-state index is 5.95. The van der Waals surface area contributed by atoms with E-state index in [2.05, 4.69) is 49.3 Å². The molecule has 0 radical (unpaired) electrons. The first-order valence-corrected chi connectivity index (χ1v) is 10.3. The van der Waals surface area contributed by atoms with E-state index in [9.17, 15) is 0 Å². The first-order valence-electron chi connectivity index (χ1n) is 10.3. The first kappa shape index (κ1) is 22.7. The second kappa shape index (κ2) is 10.8. The number of methoxy groups -OCH3 is 1. The number of nitrogens with one attached hydrogen (secondary N) is 2. The quantitative estimate of drug-likeness (QED) is 0.522. The van der Waals surface area contributed by atoms with E-state index in [0.717, 1.165) is 50.3 Å². The van der Waals surface area contributed by atoms with Gasteiger partial charge in [-0.05, 0) is 31.4 Å². The molecule has 0 spiro atoms. The van der Waals surface area contributed by atoms with Crippen LogP contribution in [0.2, 0.25) is 0 Å². The van der Waals surface area contributed by atoms with Crippen LogP contribution < -0.4 is 10.6 Å². The summed E-state index contributed by atoms with van der Waals surface area (Å²) in [5, 5.41) is 6.84. The number of aryl methyl sites for hydroxylation is 1. The van der Waals surface area contributed by atoms with Crippen LogP contribution in [-0.2, 0) is 9.47 Å². The summed E-state index contributed by atoms with van der Waals surface area (Å²) in [6, 6.07) is 4.23. The van der Waals surface area contributed by atoms with Crippen LogP contribution in [-0.4, -0.2) is 70.0 Å². The standard InChI is InChI=1S/C21H38N4O3/c1-7-22-20(24-15-19(26-6)21(3,4)5)23-14-17(18-9-8-16(2)28-18)25-10-12-27-13-11-25/h8-9,17,19H,7,10-15H2,1-6H3,(H2,22,23,24). The molecule has 0 aromatic carbocycles. The molecule has 2 heterocycles. The molecule has 2 N–H and O–H groups in total. The minimum absolute atomic E-state index is 0.0393. The van der Waals surface area contributed by atoms with E-state index in [4.69, 9.17) is 18.9 Å². The normalized spacial score (nSPS) is 18.7. The molecular weight excluding hydrogens is 356 g/mol. The van der Waals surface area contributed by atoms with E-state index in [1.807, 2.05) is 13.0 Å². The van der Waals surface area contributed by atoms with Crippen LogP contribution in [0.3, 0.4) is 0 Å². The zero-order valence-electron chi connectivity index (χ0n) is 18.4. The zero-order valence-corrected chi connectivity index (χ0v) is 18.4. The Kier molecular flexibility index (Phi) is 8.79. The topological polar surface area (TPSA) is 71.3 Å². The van der Waals surface area contributed by atoms with E-state index < -0.39 is 0 Å². The molecule has 0 aliphatic carbocycles. The molecule has 1 aromatic heterocycles. The minimum Gasteiger partial charge on any atom is -0.465 e. The van der Waals surface area contributed by atoms with Gasteiger partial charge in [0.15, 0.2) is 5.96 Å². The average molecular weight is 395 g/mol. The Hall–Kier alpha value is -1.57. The third-order valence-corrected chi connectivity index (χ3v) is 5.05. The molecule has 1 aliphatic heterocycles. The number of aliphatic imine (C=N–C) groups is 1. The fourth-order valence-electron chi connectivity index (χ4n) is 3.34. The van der Waals surface area contributed by atoms with Crippen molar-refractivity contribution < 1.29 is 13.9 Å². The largest absolute Gasteiger partial charge is 0.465 e. The molecule has 1 fully saturated rings. The SMILES string of the molecule is CCNC(=NCC(OC)C(C)(C)C)NCC(c1ccc(C)o1)N1CCOCC1. The highest BCUT2D eigenvalue weighted by atomic mass is 16.5.